The number of nitro benzene ring substituents is 1. The van der Waals surface area contributed by atoms with Gasteiger partial charge < -0.3 is 14.8 Å². The van der Waals surface area contributed by atoms with Crippen molar-refractivity contribution in [3.05, 3.63) is 63.7 Å². The fourth-order valence-corrected chi connectivity index (χ4v) is 2.21. The summed E-state index contributed by atoms with van der Waals surface area (Å²) >= 11 is 0. The van der Waals surface area contributed by atoms with Gasteiger partial charge in [-0.3, -0.25) is 14.9 Å². The summed E-state index contributed by atoms with van der Waals surface area (Å²) in [7, 11) is 1.49. The number of rotatable bonds is 7. The standard InChI is InChI=1S/C20H15N3O5/c1-3-9-28-19-12-18(27-2)8-7-14(19)10-15(13-21)20(24)22-16-5-4-6-17(11-16)23(25)26/h1,4-8,10-12H,9H2,2H3,(H,22,24)/b15-10+. The zero-order valence-electron chi connectivity index (χ0n) is 14.8. The average Bonchev–Trinajstić information content (AvgIpc) is 2.70. The molecule has 1 N–H and O–H groups in total. The maximum Gasteiger partial charge on any atom is 0.271 e. The second-order valence-electron chi connectivity index (χ2n) is 5.33. The van der Waals surface area contributed by atoms with Gasteiger partial charge in [-0.05, 0) is 24.3 Å². The van der Waals surface area contributed by atoms with Crippen LogP contribution in [0.4, 0.5) is 11.4 Å². The number of terminal acetylenes is 1. The number of nitriles is 1. The summed E-state index contributed by atoms with van der Waals surface area (Å²) in [6, 6.07) is 12.0. The molecule has 0 aliphatic rings. The van der Waals surface area contributed by atoms with Gasteiger partial charge in [0.2, 0.25) is 0 Å². The highest BCUT2D eigenvalue weighted by Crippen LogP contribution is 2.27. The normalized spacial score (nSPS) is 10.3. The second kappa shape index (κ2) is 9.41. The van der Waals surface area contributed by atoms with Crippen molar-refractivity contribution in [2.24, 2.45) is 0 Å². The molecule has 0 atom stereocenters. The van der Waals surface area contributed by atoms with Gasteiger partial charge >= 0.3 is 0 Å². The molecule has 8 heteroatoms. The third-order valence-corrected chi connectivity index (χ3v) is 3.51. The lowest BCUT2D eigenvalue weighted by Crippen LogP contribution is -2.13. The van der Waals surface area contributed by atoms with Crippen LogP contribution >= 0.6 is 0 Å². The van der Waals surface area contributed by atoms with Crippen LogP contribution in [0.15, 0.2) is 48.0 Å². The summed E-state index contributed by atoms with van der Waals surface area (Å²) in [6.07, 6.45) is 6.54. The number of amides is 1. The van der Waals surface area contributed by atoms with Gasteiger partial charge in [-0.15, -0.1) is 6.42 Å². The van der Waals surface area contributed by atoms with Crippen molar-refractivity contribution < 1.29 is 19.2 Å². The summed E-state index contributed by atoms with van der Waals surface area (Å²) < 4.78 is 10.6. The average molecular weight is 377 g/mol. The molecule has 140 valence electrons. The van der Waals surface area contributed by atoms with Crippen LogP contribution in [0.1, 0.15) is 5.56 Å². The lowest BCUT2D eigenvalue weighted by atomic mass is 10.1. The molecule has 0 radical (unpaired) electrons. The lowest BCUT2D eigenvalue weighted by Gasteiger charge is -2.10. The van der Waals surface area contributed by atoms with Crippen molar-refractivity contribution in [2.75, 3.05) is 19.0 Å². The van der Waals surface area contributed by atoms with E-state index in [4.69, 9.17) is 15.9 Å². The quantitative estimate of drug-likeness (QED) is 0.261. The van der Waals surface area contributed by atoms with E-state index in [0.717, 1.165) is 0 Å². The second-order valence-corrected chi connectivity index (χ2v) is 5.33. The number of carbonyl (C=O) groups is 1. The molecular formula is C20H15N3O5. The highest BCUT2D eigenvalue weighted by Gasteiger charge is 2.14. The van der Waals surface area contributed by atoms with Gasteiger partial charge in [0.15, 0.2) is 0 Å². The first-order valence-corrected chi connectivity index (χ1v) is 7.90. The van der Waals surface area contributed by atoms with Crippen LogP contribution < -0.4 is 14.8 Å². The van der Waals surface area contributed by atoms with E-state index in [1.165, 1.54) is 37.5 Å². The molecule has 2 rings (SSSR count). The first kappa shape index (κ1) is 20.0. The number of non-ortho nitro benzene ring substituents is 1. The van der Waals surface area contributed by atoms with Gasteiger partial charge in [-0.1, -0.05) is 12.0 Å². The predicted molar refractivity (Wildman–Crippen MR) is 103 cm³/mol. The largest absolute Gasteiger partial charge is 0.497 e. The molecule has 0 heterocycles. The van der Waals surface area contributed by atoms with Crippen molar-refractivity contribution in [3.63, 3.8) is 0 Å². The number of methoxy groups -OCH3 is 1. The minimum atomic E-state index is -0.721. The van der Waals surface area contributed by atoms with Crippen LogP contribution in [-0.2, 0) is 4.79 Å². The Kier molecular flexibility index (Phi) is 6.73. The van der Waals surface area contributed by atoms with E-state index in [1.54, 1.807) is 18.2 Å². The fourth-order valence-electron chi connectivity index (χ4n) is 2.21. The zero-order chi connectivity index (χ0) is 20.5. The fraction of sp³-hybridized carbons (Fsp3) is 0.100. The molecule has 2 aromatic rings. The number of nitrogens with one attached hydrogen (secondary N) is 1. The number of carbonyl (C=O) groups excluding carboxylic acids is 1. The van der Waals surface area contributed by atoms with Crippen molar-refractivity contribution >= 4 is 23.4 Å². The summed E-state index contributed by atoms with van der Waals surface area (Å²) in [5.41, 5.74) is 0.239. The maximum atomic E-state index is 12.4. The molecule has 0 saturated heterocycles. The van der Waals surface area contributed by atoms with Gasteiger partial charge in [0.25, 0.3) is 11.6 Å². The molecule has 0 aromatic heterocycles. The Bertz CT molecular complexity index is 1020. The van der Waals surface area contributed by atoms with Crippen LogP contribution in [-0.4, -0.2) is 24.5 Å². The Balaban J connectivity index is 2.31. The predicted octanol–water partition coefficient (Wildman–Crippen LogP) is 3.16. The molecule has 1 amide bonds. The van der Waals surface area contributed by atoms with E-state index >= 15 is 0 Å². The Morgan fingerprint density at radius 3 is 2.79 bits per heavy atom. The van der Waals surface area contributed by atoms with Crippen molar-refractivity contribution in [2.45, 2.75) is 0 Å². The SMILES string of the molecule is C#CCOc1cc(OC)ccc1/C=C(\C#N)C(=O)Nc1cccc([N+](=O)[O-])c1. The van der Waals surface area contributed by atoms with Gasteiger partial charge in [-0.25, -0.2) is 0 Å². The first-order chi connectivity index (χ1) is 13.5. The number of anilines is 1. The van der Waals surface area contributed by atoms with E-state index < -0.39 is 10.8 Å². The molecule has 0 fully saturated rings. The minimum absolute atomic E-state index is 0.00419. The Morgan fingerprint density at radius 1 is 1.36 bits per heavy atom. The molecule has 8 nitrogen and oxygen atoms in total. The van der Waals surface area contributed by atoms with Crippen molar-refractivity contribution in [1.82, 2.24) is 0 Å². The number of benzene rings is 2. The van der Waals surface area contributed by atoms with Crippen molar-refractivity contribution in [1.29, 1.82) is 5.26 Å². The van der Waals surface area contributed by atoms with E-state index in [-0.39, 0.29) is 23.6 Å². The van der Waals surface area contributed by atoms with E-state index in [1.807, 2.05) is 6.07 Å². The molecular weight excluding hydrogens is 362 g/mol. The molecule has 0 bridgehead atoms. The van der Waals surface area contributed by atoms with Gasteiger partial charge in [0, 0.05) is 29.4 Å². The molecule has 2 aromatic carbocycles. The number of nitrogens with zero attached hydrogens (tertiary/aromatic N) is 2. The summed E-state index contributed by atoms with van der Waals surface area (Å²) in [5, 5.41) is 22.7. The third kappa shape index (κ3) is 5.10. The van der Waals surface area contributed by atoms with Crippen molar-refractivity contribution in [3.8, 4) is 29.9 Å². The van der Waals surface area contributed by atoms with Crippen LogP contribution in [0.2, 0.25) is 0 Å². The van der Waals surface area contributed by atoms with Gasteiger partial charge in [0.1, 0.15) is 29.7 Å². The van der Waals surface area contributed by atoms with E-state index in [2.05, 4.69) is 11.2 Å². The summed E-state index contributed by atoms with van der Waals surface area (Å²) in [5.74, 6) is 2.47. The number of hydrogen-bond acceptors (Lipinski definition) is 6. The third-order valence-electron chi connectivity index (χ3n) is 3.51. The maximum absolute atomic E-state index is 12.4. The topological polar surface area (TPSA) is 114 Å². The van der Waals surface area contributed by atoms with Crippen LogP contribution in [0, 0.1) is 33.8 Å². The van der Waals surface area contributed by atoms with E-state index in [0.29, 0.717) is 17.1 Å². The summed E-state index contributed by atoms with van der Waals surface area (Å²) in [6.45, 7) is -0.00419. The molecule has 0 aliphatic heterocycles. The first-order valence-electron chi connectivity index (χ1n) is 7.90. The Labute approximate surface area is 161 Å². The van der Waals surface area contributed by atoms with Gasteiger partial charge in [0.05, 0.1) is 12.0 Å². The highest BCUT2D eigenvalue weighted by molar-refractivity contribution is 6.10. The molecule has 0 aliphatic carbocycles. The van der Waals surface area contributed by atoms with Gasteiger partial charge in [-0.2, -0.15) is 5.26 Å². The Hall–Kier alpha value is -4.30. The smallest absolute Gasteiger partial charge is 0.271 e. The zero-order valence-corrected chi connectivity index (χ0v) is 14.8. The number of hydrogen-bond donors (Lipinski definition) is 1. The monoisotopic (exact) mass is 377 g/mol. The molecule has 28 heavy (non-hydrogen) atoms. The highest BCUT2D eigenvalue weighted by atomic mass is 16.6. The van der Waals surface area contributed by atoms with E-state index in [9.17, 15) is 20.2 Å². The Morgan fingerprint density at radius 2 is 2.14 bits per heavy atom. The number of ether oxygens (including phenoxy) is 2. The molecule has 0 saturated carbocycles. The molecule has 0 spiro atoms. The van der Waals surface area contributed by atoms with Crippen LogP contribution in [0.3, 0.4) is 0 Å². The van der Waals surface area contributed by atoms with Crippen LogP contribution in [0.25, 0.3) is 6.08 Å². The van der Waals surface area contributed by atoms with Crippen LogP contribution in [0.5, 0.6) is 11.5 Å². The lowest BCUT2D eigenvalue weighted by molar-refractivity contribution is -0.384. The minimum Gasteiger partial charge on any atom is -0.497 e. The molecule has 0 unspecified atom stereocenters. The number of nitro groups is 1. The summed E-state index contributed by atoms with van der Waals surface area (Å²) in [4.78, 5) is 22.7.